The predicted molar refractivity (Wildman–Crippen MR) is 125 cm³/mol. The fourth-order valence-corrected chi connectivity index (χ4v) is 4.97. The summed E-state index contributed by atoms with van der Waals surface area (Å²) < 4.78 is 3.10. The summed E-state index contributed by atoms with van der Waals surface area (Å²) in [5.74, 6) is 0.954. The summed E-state index contributed by atoms with van der Waals surface area (Å²) in [6.45, 7) is 3.21. The lowest BCUT2D eigenvalue weighted by Gasteiger charge is -2.47. The van der Waals surface area contributed by atoms with Crippen LogP contribution in [-0.4, -0.2) is 41.6 Å². The van der Waals surface area contributed by atoms with E-state index in [1.165, 1.54) is 4.52 Å². The van der Waals surface area contributed by atoms with Gasteiger partial charge in [-0.15, -0.1) is 0 Å². The van der Waals surface area contributed by atoms with E-state index in [2.05, 4.69) is 27.2 Å². The van der Waals surface area contributed by atoms with Crippen molar-refractivity contribution in [2.24, 2.45) is 5.92 Å². The van der Waals surface area contributed by atoms with E-state index < -0.39 is 0 Å². The second kappa shape index (κ2) is 7.52. The molecule has 6 heterocycles. The molecule has 4 aromatic heterocycles. The van der Waals surface area contributed by atoms with Crippen LogP contribution in [0.1, 0.15) is 40.5 Å². The number of carbonyl (C=O) groups is 1. The van der Waals surface area contributed by atoms with Crippen molar-refractivity contribution >= 4 is 34.8 Å². The van der Waals surface area contributed by atoms with Gasteiger partial charge in [0.25, 0.3) is 11.5 Å². The Morgan fingerprint density at radius 3 is 2.85 bits per heavy atom. The molecule has 0 radical (unpaired) electrons. The van der Waals surface area contributed by atoms with Gasteiger partial charge in [0.2, 0.25) is 5.95 Å². The zero-order valence-electron chi connectivity index (χ0n) is 18.1. The molecule has 1 fully saturated rings. The molecule has 0 unspecified atom stereocenters. The molecule has 1 amide bonds. The van der Waals surface area contributed by atoms with Gasteiger partial charge in [-0.2, -0.15) is 10.1 Å². The van der Waals surface area contributed by atoms with Crippen molar-refractivity contribution in [1.82, 2.24) is 34.4 Å². The Kier molecular flexibility index (Phi) is 4.56. The van der Waals surface area contributed by atoms with Gasteiger partial charge >= 0.3 is 0 Å². The number of hydrogen-bond acceptors (Lipinski definition) is 8. The minimum atomic E-state index is -0.325. The van der Waals surface area contributed by atoms with Gasteiger partial charge in [0.15, 0.2) is 5.82 Å². The number of carbonyl (C=O) groups excluding carboxylic acids is 1. The summed E-state index contributed by atoms with van der Waals surface area (Å²) in [5, 5.41) is 7.90. The van der Waals surface area contributed by atoms with E-state index in [1.807, 2.05) is 23.1 Å². The predicted octanol–water partition coefficient (Wildman–Crippen LogP) is 1.41. The Hall–Kier alpha value is -3.99. The minimum absolute atomic E-state index is 0.0926. The highest BCUT2D eigenvalue weighted by Gasteiger charge is 2.44. The Balaban J connectivity index is 1.53. The molecule has 172 valence electrons. The largest absolute Gasteiger partial charge is 0.368 e. The molecule has 2 aliphatic rings. The first-order valence-corrected chi connectivity index (χ1v) is 11.2. The Morgan fingerprint density at radius 1 is 1.24 bits per heavy atom. The van der Waals surface area contributed by atoms with Crippen LogP contribution in [0.3, 0.4) is 0 Å². The molecule has 4 aromatic rings. The molecule has 12 heteroatoms. The quantitative estimate of drug-likeness (QED) is 0.450. The number of halogens is 1. The number of nitrogens with one attached hydrogen (secondary N) is 1. The molecule has 11 nitrogen and oxygen atoms in total. The number of aromatic nitrogens is 6. The number of anilines is 2. The zero-order chi connectivity index (χ0) is 23.6. The Morgan fingerprint density at radius 2 is 2.09 bits per heavy atom. The normalized spacial score (nSPS) is 19.2. The number of nitrogen functional groups attached to an aromatic ring is 1. The van der Waals surface area contributed by atoms with Crippen LogP contribution >= 0.6 is 11.6 Å². The van der Waals surface area contributed by atoms with E-state index in [9.17, 15) is 9.59 Å². The first kappa shape index (κ1) is 20.6. The maximum absolute atomic E-state index is 13.6. The van der Waals surface area contributed by atoms with Crippen LogP contribution in [-0.2, 0) is 13.1 Å². The first-order valence-electron chi connectivity index (χ1n) is 10.8. The number of fused-ring (bicyclic) bond motifs is 2. The second-order valence-corrected chi connectivity index (χ2v) is 8.92. The lowest BCUT2D eigenvalue weighted by molar-refractivity contribution is 0.0965. The van der Waals surface area contributed by atoms with Crippen LogP contribution in [0.15, 0.2) is 41.5 Å². The lowest BCUT2D eigenvalue weighted by Crippen LogP contribution is -2.52. The van der Waals surface area contributed by atoms with Crippen molar-refractivity contribution in [2.45, 2.75) is 26.1 Å². The molecule has 0 spiro atoms. The highest BCUT2D eigenvalue weighted by molar-refractivity contribution is 6.33. The highest BCUT2D eigenvalue weighted by Crippen LogP contribution is 2.43. The summed E-state index contributed by atoms with van der Waals surface area (Å²) in [6, 6.07) is 6.86. The number of pyridine rings is 1. The summed E-state index contributed by atoms with van der Waals surface area (Å²) in [6.07, 6.45) is 3.34. The maximum atomic E-state index is 13.6. The highest BCUT2D eigenvalue weighted by atomic mass is 35.5. The number of amides is 1. The fraction of sp³-hybridized carbons (Fsp3) is 0.273. The third-order valence-corrected chi connectivity index (χ3v) is 6.62. The van der Waals surface area contributed by atoms with Gasteiger partial charge in [-0.05, 0) is 18.2 Å². The van der Waals surface area contributed by atoms with Gasteiger partial charge < -0.3 is 16.0 Å². The molecule has 1 saturated heterocycles. The summed E-state index contributed by atoms with van der Waals surface area (Å²) in [7, 11) is 0. The molecule has 0 saturated carbocycles. The Bertz CT molecular complexity index is 1510. The van der Waals surface area contributed by atoms with Gasteiger partial charge in [-0.1, -0.05) is 24.6 Å². The van der Waals surface area contributed by atoms with Crippen LogP contribution in [0, 0.1) is 5.92 Å². The third kappa shape index (κ3) is 3.04. The molecular weight excluding hydrogens is 458 g/mol. The second-order valence-electron chi connectivity index (χ2n) is 8.51. The van der Waals surface area contributed by atoms with Gasteiger partial charge in [0, 0.05) is 24.9 Å². The van der Waals surface area contributed by atoms with Crippen LogP contribution < -0.4 is 21.5 Å². The van der Waals surface area contributed by atoms with Crippen LogP contribution in [0.2, 0.25) is 5.02 Å². The molecule has 0 bridgehead atoms. The molecule has 6 rings (SSSR count). The van der Waals surface area contributed by atoms with Crippen molar-refractivity contribution < 1.29 is 4.79 Å². The molecule has 3 N–H and O–H groups in total. The minimum Gasteiger partial charge on any atom is -0.368 e. The van der Waals surface area contributed by atoms with Crippen LogP contribution in [0.4, 0.5) is 11.8 Å². The summed E-state index contributed by atoms with van der Waals surface area (Å²) in [5.41, 5.74) is 7.68. The van der Waals surface area contributed by atoms with Gasteiger partial charge in [-0.3, -0.25) is 19.1 Å². The van der Waals surface area contributed by atoms with E-state index >= 15 is 0 Å². The average molecular weight is 478 g/mol. The molecular formula is C22H20ClN9O2. The van der Waals surface area contributed by atoms with E-state index in [-0.39, 0.29) is 35.9 Å². The van der Waals surface area contributed by atoms with Gasteiger partial charge in [0.1, 0.15) is 16.9 Å². The number of hydrogen-bond donors (Lipinski definition) is 2. The van der Waals surface area contributed by atoms with Crippen LogP contribution in [0.25, 0.3) is 5.52 Å². The number of nitrogens with zero attached hydrogens (tertiary/aromatic N) is 7. The maximum Gasteiger partial charge on any atom is 0.279 e. The van der Waals surface area contributed by atoms with E-state index in [1.54, 1.807) is 23.0 Å². The zero-order valence-corrected chi connectivity index (χ0v) is 18.9. The fourth-order valence-electron chi connectivity index (χ4n) is 4.74. The summed E-state index contributed by atoms with van der Waals surface area (Å²) >= 11 is 6.31. The molecule has 0 aromatic carbocycles. The van der Waals surface area contributed by atoms with E-state index in [0.717, 1.165) is 0 Å². The van der Waals surface area contributed by atoms with Crippen molar-refractivity contribution in [3.05, 3.63) is 74.8 Å². The smallest absolute Gasteiger partial charge is 0.279 e. The topological polar surface area (TPSA) is 136 Å². The molecule has 2 aliphatic heterocycles. The average Bonchev–Trinajstić information content (AvgIpc) is 3.37. The molecule has 0 aliphatic carbocycles. The molecule has 34 heavy (non-hydrogen) atoms. The van der Waals surface area contributed by atoms with Crippen molar-refractivity contribution in [3.8, 4) is 0 Å². The van der Waals surface area contributed by atoms with E-state index in [0.29, 0.717) is 52.2 Å². The van der Waals surface area contributed by atoms with E-state index in [4.69, 9.17) is 22.4 Å². The Labute approximate surface area is 198 Å². The monoisotopic (exact) mass is 477 g/mol. The lowest BCUT2D eigenvalue weighted by atomic mass is 9.88. The standard InChI is InChI=1S/C22H20ClN9O2/c1-11-9-30(18-15-14(8-26-20(15)33)27-22(24)28-18)16(11)19-29-32-7-5-13(23)17(32)21(34)31(19)10-12-4-2-3-6-25-12/h2-7,11,16H,8-10H2,1H3,(H,26,33)(H2,24,27,28)/t11-,16-/m0/s1. The number of rotatable bonds is 4. The van der Waals surface area contributed by atoms with Gasteiger partial charge in [-0.25, -0.2) is 9.50 Å². The van der Waals surface area contributed by atoms with Crippen molar-refractivity contribution in [2.75, 3.05) is 17.2 Å². The van der Waals surface area contributed by atoms with Crippen LogP contribution in [0.5, 0.6) is 0 Å². The molecule has 2 atom stereocenters. The summed E-state index contributed by atoms with van der Waals surface area (Å²) in [4.78, 5) is 41.1. The van der Waals surface area contributed by atoms with Crippen molar-refractivity contribution in [3.63, 3.8) is 0 Å². The number of nitrogens with two attached hydrogens (primary N) is 1. The van der Waals surface area contributed by atoms with Gasteiger partial charge in [0.05, 0.1) is 35.5 Å². The SMILES string of the molecule is C[C@H]1CN(c2nc(N)nc3c2C(=O)NC3)[C@@H]1c1nn2ccc(Cl)c2c(=O)n1Cc1ccccn1. The third-order valence-electron chi connectivity index (χ3n) is 6.32. The first-order chi connectivity index (χ1) is 16.4. The van der Waals surface area contributed by atoms with Crippen molar-refractivity contribution in [1.29, 1.82) is 0 Å².